The van der Waals surface area contributed by atoms with Gasteiger partial charge in [-0.2, -0.15) is 8.78 Å². The summed E-state index contributed by atoms with van der Waals surface area (Å²) in [5.74, 6) is -3.90. The maximum Gasteiger partial charge on any atom is 0.331 e. The fraction of sp³-hybridized carbons (Fsp3) is 0.154. The third-order valence-electron chi connectivity index (χ3n) is 2.33. The number of cyclic esters (lactones) is 1. The van der Waals surface area contributed by atoms with Gasteiger partial charge < -0.3 is 4.74 Å². The quantitative estimate of drug-likeness (QED) is 0.738. The predicted molar refractivity (Wildman–Crippen MR) is 59.4 cm³/mol. The molecule has 0 aliphatic carbocycles. The van der Waals surface area contributed by atoms with Crippen molar-refractivity contribution in [2.75, 3.05) is 0 Å². The van der Waals surface area contributed by atoms with Gasteiger partial charge in [0.05, 0.1) is 0 Å². The van der Waals surface area contributed by atoms with Crippen LogP contribution in [-0.2, 0) is 9.53 Å². The van der Waals surface area contributed by atoms with Crippen LogP contribution in [0.1, 0.15) is 5.56 Å². The minimum absolute atomic E-state index is 0.568. The van der Waals surface area contributed by atoms with E-state index in [1.807, 2.05) is 6.07 Å². The monoisotopic (exact) mass is 236 g/mol. The molecule has 0 aromatic heterocycles. The zero-order valence-corrected chi connectivity index (χ0v) is 8.85. The number of alkyl halides is 2. The maximum atomic E-state index is 13.3. The molecule has 0 spiro atoms. The first-order chi connectivity index (χ1) is 8.08. The maximum absolute atomic E-state index is 13.3. The van der Waals surface area contributed by atoms with Gasteiger partial charge in [0.15, 0.2) is 6.10 Å². The first kappa shape index (κ1) is 11.5. The molecular weight excluding hydrogens is 226 g/mol. The minimum atomic E-state index is -3.15. The number of rotatable bonds is 2. The molecule has 1 aromatic rings. The average molecular weight is 236 g/mol. The Balaban J connectivity index is 2.16. The molecule has 0 saturated carbocycles. The average Bonchev–Trinajstić information content (AvgIpc) is 2.32. The van der Waals surface area contributed by atoms with Crippen LogP contribution in [0.15, 0.2) is 48.6 Å². The smallest absolute Gasteiger partial charge is 0.331 e. The summed E-state index contributed by atoms with van der Waals surface area (Å²) in [6, 6.07) is 8.97. The Hall–Kier alpha value is -1.97. The Kier molecular flexibility index (Phi) is 3.04. The van der Waals surface area contributed by atoms with E-state index >= 15 is 0 Å². The van der Waals surface area contributed by atoms with Crippen LogP contribution in [0.25, 0.3) is 6.08 Å². The van der Waals surface area contributed by atoms with Gasteiger partial charge in [0.1, 0.15) is 0 Å². The molecule has 88 valence electrons. The van der Waals surface area contributed by atoms with Crippen molar-refractivity contribution >= 4 is 12.0 Å². The van der Waals surface area contributed by atoms with Crippen LogP contribution in [0.4, 0.5) is 8.78 Å². The molecule has 0 radical (unpaired) electrons. The molecule has 0 N–H and O–H groups in total. The highest BCUT2D eigenvalue weighted by Gasteiger charge is 2.41. The van der Waals surface area contributed by atoms with E-state index in [-0.39, 0.29) is 0 Å². The van der Waals surface area contributed by atoms with E-state index in [1.165, 1.54) is 12.2 Å². The standard InChI is InChI=1S/C13H10F2O2/c14-13(15)9-8-12(16)17-11(13)7-6-10-4-2-1-3-5-10/h1-9,11H/b7-6+. The molecule has 1 heterocycles. The number of benzene rings is 1. The van der Waals surface area contributed by atoms with E-state index in [9.17, 15) is 13.6 Å². The van der Waals surface area contributed by atoms with Gasteiger partial charge in [-0.05, 0) is 17.7 Å². The Morgan fingerprint density at radius 3 is 2.65 bits per heavy atom. The summed E-state index contributed by atoms with van der Waals surface area (Å²) in [4.78, 5) is 10.9. The zero-order chi connectivity index (χ0) is 12.3. The Morgan fingerprint density at radius 2 is 1.94 bits per heavy atom. The van der Waals surface area contributed by atoms with Crippen molar-refractivity contribution in [3.05, 3.63) is 54.1 Å². The van der Waals surface area contributed by atoms with E-state index < -0.39 is 18.0 Å². The lowest BCUT2D eigenvalue weighted by molar-refractivity contribution is -0.157. The predicted octanol–water partition coefficient (Wildman–Crippen LogP) is 2.82. The van der Waals surface area contributed by atoms with Gasteiger partial charge in [-0.3, -0.25) is 0 Å². The largest absolute Gasteiger partial charge is 0.448 e. The third kappa shape index (κ3) is 2.78. The van der Waals surface area contributed by atoms with Gasteiger partial charge in [0, 0.05) is 6.08 Å². The van der Waals surface area contributed by atoms with Crippen molar-refractivity contribution < 1.29 is 18.3 Å². The summed E-state index contributed by atoms with van der Waals surface area (Å²) in [7, 11) is 0. The molecule has 0 amide bonds. The van der Waals surface area contributed by atoms with Crippen molar-refractivity contribution in [3.8, 4) is 0 Å². The Morgan fingerprint density at radius 1 is 1.24 bits per heavy atom. The molecule has 1 unspecified atom stereocenters. The molecular formula is C13H10F2O2. The molecule has 1 aliphatic rings. The summed E-state index contributed by atoms with van der Waals surface area (Å²) in [6.07, 6.45) is 2.47. The van der Waals surface area contributed by atoms with Crippen molar-refractivity contribution in [1.29, 1.82) is 0 Å². The van der Waals surface area contributed by atoms with Crippen molar-refractivity contribution in [3.63, 3.8) is 0 Å². The van der Waals surface area contributed by atoms with Crippen LogP contribution in [0, 0.1) is 0 Å². The highest BCUT2D eigenvalue weighted by atomic mass is 19.3. The van der Waals surface area contributed by atoms with Crippen LogP contribution < -0.4 is 0 Å². The highest BCUT2D eigenvalue weighted by Crippen LogP contribution is 2.28. The second-order valence-electron chi connectivity index (χ2n) is 3.64. The summed E-state index contributed by atoms with van der Waals surface area (Å²) in [5.41, 5.74) is 0.772. The van der Waals surface area contributed by atoms with Crippen LogP contribution >= 0.6 is 0 Å². The number of carbonyl (C=O) groups excluding carboxylic acids is 1. The van der Waals surface area contributed by atoms with Gasteiger partial charge >= 0.3 is 11.9 Å². The second kappa shape index (κ2) is 4.49. The summed E-state index contributed by atoms with van der Waals surface area (Å²) < 4.78 is 31.2. The third-order valence-corrected chi connectivity index (χ3v) is 2.33. The van der Waals surface area contributed by atoms with Crippen molar-refractivity contribution in [2.24, 2.45) is 0 Å². The van der Waals surface area contributed by atoms with E-state index in [0.717, 1.165) is 11.6 Å². The Labute approximate surface area is 97.2 Å². The van der Waals surface area contributed by atoms with E-state index in [2.05, 4.69) is 4.74 Å². The molecule has 2 rings (SSSR count). The van der Waals surface area contributed by atoms with Crippen molar-refractivity contribution in [1.82, 2.24) is 0 Å². The van der Waals surface area contributed by atoms with Gasteiger partial charge in [-0.15, -0.1) is 0 Å². The van der Waals surface area contributed by atoms with Crippen molar-refractivity contribution in [2.45, 2.75) is 12.0 Å². The SMILES string of the molecule is O=C1C=CC(F)(F)C(/C=C/c2ccccc2)O1. The number of hydrogen-bond acceptors (Lipinski definition) is 2. The number of carbonyl (C=O) groups is 1. The van der Waals surface area contributed by atoms with Gasteiger partial charge in [0.2, 0.25) is 0 Å². The van der Waals surface area contributed by atoms with E-state index in [0.29, 0.717) is 6.08 Å². The lowest BCUT2D eigenvalue weighted by Gasteiger charge is -2.24. The van der Waals surface area contributed by atoms with E-state index in [4.69, 9.17) is 0 Å². The molecule has 4 heteroatoms. The van der Waals surface area contributed by atoms with Crippen LogP contribution in [0.3, 0.4) is 0 Å². The van der Waals surface area contributed by atoms with Crippen LogP contribution in [0.2, 0.25) is 0 Å². The molecule has 0 saturated heterocycles. The number of halogens is 2. The topological polar surface area (TPSA) is 26.3 Å². The first-order valence-electron chi connectivity index (χ1n) is 5.09. The second-order valence-corrected chi connectivity index (χ2v) is 3.64. The van der Waals surface area contributed by atoms with Crippen LogP contribution in [-0.4, -0.2) is 18.0 Å². The summed E-state index contributed by atoms with van der Waals surface area (Å²) >= 11 is 0. The van der Waals surface area contributed by atoms with Crippen LogP contribution in [0.5, 0.6) is 0 Å². The lowest BCUT2D eigenvalue weighted by atomic mass is 10.1. The number of hydrogen-bond donors (Lipinski definition) is 0. The molecule has 17 heavy (non-hydrogen) atoms. The molecule has 1 atom stereocenters. The van der Waals surface area contributed by atoms with E-state index in [1.54, 1.807) is 24.3 Å². The molecule has 1 aliphatic heterocycles. The van der Waals surface area contributed by atoms with Gasteiger partial charge in [-0.1, -0.05) is 36.4 Å². The molecule has 1 aromatic carbocycles. The minimum Gasteiger partial charge on any atom is -0.448 e. The molecule has 2 nitrogen and oxygen atoms in total. The lowest BCUT2D eigenvalue weighted by Crippen LogP contribution is -2.37. The fourth-order valence-electron chi connectivity index (χ4n) is 1.45. The summed E-state index contributed by atoms with van der Waals surface area (Å²) in [5, 5.41) is 0. The number of ether oxygens (including phenoxy) is 1. The first-order valence-corrected chi connectivity index (χ1v) is 5.09. The fourth-order valence-corrected chi connectivity index (χ4v) is 1.45. The van der Waals surface area contributed by atoms with Gasteiger partial charge in [-0.25, -0.2) is 4.79 Å². The highest BCUT2D eigenvalue weighted by molar-refractivity contribution is 5.83. The zero-order valence-electron chi connectivity index (χ0n) is 8.85. The number of esters is 1. The van der Waals surface area contributed by atoms with Gasteiger partial charge in [0.25, 0.3) is 0 Å². The molecule has 0 bridgehead atoms. The Bertz CT molecular complexity index is 464. The summed E-state index contributed by atoms with van der Waals surface area (Å²) in [6.45, 7) is 0. The normalized spacial score (nSPS) is 22.7. The molecule has 0 fully saturated rings.